The van der Waals surface area contributed by atoms with Crippen LogP contribution < -0.4 is 10.6 Å². The first-order valence-electron chi connectivity index (χ1n) is 8.58. The molecule has 0 unspecified atom stereocenters. The number of urea groups is 1. The van der Waals surface area contributed by atoms with Crippen LogP contribution >= 0.6 is 11.6 Å². The largest absolute Gasteiger partial charge is 0.324 e. The maximum Gasteiger partial charge on any atom is 0.321 e. The van der Waals surface area contributed by atoms with Crippen molar-refractivity contribution in [2.24, 2.45) is 11.3 Å². The molecule has 134 valence electrons. The van der Waals surface area contributed by atoms with Gasteiger partial charge >= 0.3 is 6.03 Å². The fourth-order valence-corrected chi connectivity index (χ4v) is 3.77. The molecule has 2 N–H and O–H groups in total. The maximum absolute atomic E-state index is 12.5. The van der Waals surface area contributed by atoms with Crippen molar-refractivity contribution < 1.29 is 9.59 Å². The summed E-state index contributed by atoms with van der Waals surface area (Å²) in [6.07, 6.45) is 4.98. The highest BCUT2D eigenvalue weighted by Gasteiger charge is 2.61. The SMILES string of the molecule is O=C(Nc1cccnc1)[C@@H]1C[C@]12CCN(C(=O)Nc1ccc(Cl)cc1)C2. The number of benzene rings is 1. The van der Waals surface area contributed by atoms with Crippen molar-refractivity contribution in [3.8, 4) is 0 Å². The number of anilines is 2. The molecule has 1 saturated carbocycles. The van der Waals surface area contributed by atoms with Crippen LogP contribution in [0.1, 0.15) is 12.8 Å². The number of hydrogen-bond donors (Lipinski definition) is 2. The van der Waals surface area contributed by atoms with E-state index in [2.05, 4.69) is 15.6 Å². The first-order chi connectivity index (χ1) is 12.6. The van der Waals surface area contributed by atoms with E-state index < -0.39 is 0 Å². The van der Waals surface area contributed by atoms with Crippen LogP contribution in [0.15, 0.2) is 48.8 Å². The van der Waals surface area contributed by atoms with E-state index in [1.165, 1.54) is 0 Å². The molecule has 2 heterocycles. The molecule has 1 aromatic carbocycles. The third kappa shape index (κ3) is 3.37. The van der Waals surface area contributed by atoms with E-state index in [0.717, 1.165) is 12.8 Å². The van der Waals surface area contributed by atoms with Crippen LogP contribution in [-0.4, -0.2) is 34.9 Å². The fraction of sp³-hybridized carbons (Fsp3) is 0.316. The van der Waals surface area contributed by atoms with E-state index in [0.29, 0.717) is 29.5 Å². The standard InChI is InChI=1S/C19H19ClN4O2/c20-13-3-5-14(6-4-13)23-18(26)24-9-7-19(12-24)10-16(19)17(25)22-15-2-1-8-21-11-15/h1-6,8,11,16H,7,9-10,12H2,(H,22,25)(H,23,26)/t16-,19-/m0/s1. The molecule has 2 fully saturated rings. The van der Waals surface area contributed by atoms with Crippen LogP contribution in [0.4, 0.5) is 16.2 Å². The minimum absolute atomic E-state index is 0.0120. The summed E-state index contributed by atoms with van der Waals surface area (Å²) < 4.78 is 0. The number of rotatable bonds is 3. The molecule has 2 aromatic rings. The number of amides is 3. The summed E-state index contributed by atoms with van der Waals surface area (Å²) in [6.45, 7) is 1.27. The molecule has 4 rings (SSSR count). The van der Waals surface area contributed by atoms with Crippen LogP contribution in [0.5, 0.6) is 0 Å². The van der Waals surface area contributed by atoms with E-state index in [4.69, 9.17) is 11.6 Å². The summed E-state index contributed by atoms with van der Waals surface area (Å²) in [5, 5.41) is 6.42. The zero-order chi connectivity index (χ0) is 18.1. The highest BCUT2D eigenvalue weighted by molar-refractivity contribution is 6.30. The predicted octanol–water partition coefficient (Wildman–Crippen LogP) is 3.62. The molecule has 6 nitrogen and oxygen atoms in total. The highest BCUT2D eigenvalue weighted by Crippen LogP contribution is 2.58. The van der Waals surface area contributed by atoms with Crippen molar-refractivity contribution in [2.75, 3.05) is 23.7 Å². The Balaban J connectivity index is 1.33. The van der Waals surface area contributed by atoms with Gasteiger partial charge in [0.25, 0.3) is 0 Å². The summed E-state index contributed by atoms with van der Waals surface area (Å²) in [4.78, 5) is 30.7. The lowest BCUT2D eigenvalue weighted by atomic mass is 10.0. The number of likely N-dealkylation sites (tertiary alicyclic amines) is 1. The molecule has 1 aromatic heterocycles. The van der Waals surface area contributed by atoms with E-state index in [1.807, 2.05) is 6.07 Å². The molecule has 2 atom stereocenters. The molecular formula is C19H19ClN4O2. The summed E-state index contributed by atoms with van der Waals surface area (Å²) >= 11 is 5.86. The van der Waals surface area contributed by atoms with Crippen molar-refractivity contribution >= 4 is 34.9 Å². The van der Waals surface area contributed by atoms with E-state index in [9.17, 15) is 9.59 Å². The molecule has 0 bridgehead atoms. The van der Waals surface area contributed by atoms with Gasteiger partial charge in [0.2, 0.25) is 5.91 Å². The Morgan fingerprint density at radius 3 is 2.69 bits per heavy atom. The molecular weight excluding hydrogens is 352 g/mol. The lowest BCUT2D eigenvalue weighted by molar-refractivity contribution is -0.118. The third-order valence-corrected chi connectivity index (χ3v) is 5.46. The second kappa shape index (κ2) is 6.61. The lowest BCUT2D eigenvalue weighted by Gasteiger charge is -2.17. The van der Waals surface area contributed by atoms with Crippen molar-refractivity contribution in [1.29, 1.82) is 0 Å². The second-order valence-electron chi connectivity index (χ2n) is 6.96. The molecule has 26 heavy (non-hydrogen) atoms. The zero-order valence-electron chi connectivity index (χ0n) is 14.1. The van der Waals surface area contributed by atoms with Crippen LogP contribution in [-0.2, 0) is 4.79 Å². The Bertz CT molecular complexity index is 827. The van der Waals surface area contributed by atoms with Crippen molar-refractivity contribution in [1.82, 2.24) is 9.88 Å². The Labute approximate surface area is 156 Å². The van der Waals surface area contributed by atoms with Crippen LogP contribution in [0, 0.1) is 11.3 Å². The molecule has 1 spiro atoms. The van der Waals surface area contributed by atoms with E-state index in [-0.39, 0.29) is 23.3 Å². The first-order valence-corrected chi connectivity index (χ1v) is 8.96. The average molecular weight is 371 g/mol. The quantitative estimate of drug-likeness (QED) is 0.866. The number of pyridine rings is 1. The van der Waals surface area contributed by atoms with E-state index >= 15 is 0 Å². The van der Waals surface area contributed by atoms with Gasteiger partial charge in [0.1, 0.15) is 0 Å². The third-order valence-electron chi connectivity index (χ3n) is 5.20. The minimum Gasteiger partial charge on any atom is -0.324 e. The number of nitrogens with one attached hydrogen (secondary N) is 2. The molecule has 1 saturated heterocycles. The van der Waals surface area contributed by atoms with Gasteiger partial charge in [0, 0.05) is 41.3 Å². The average Bonchev–Trinajstić information content (AvgIpc) is 3.18. The Kier molecular flexibility index (Phi) is 4.28. The Morgan fingerprint density at radius 2 is 1.96 bits per heavy atom. The number of carbonyl (C=O) groups is 2. The van der Waals surface area contributed by atoms with Gasteiger partial charge in [-0.1, -0.05) is 11.6 Å². The molecule has 2 aliphatic rings. The zero-order valence-corrected chi connectivity index (χ0v) is 14.9. The van der Waals surface area contributed by atoms with Crippen LogP contribution in [0.3, 0.4) is 0 Å². The number of hydrogen-bond acceptors (Lipinski definition) is 3. The summed E-state index contributed by atoms with van der Waals surface area (Å²) in [6, 6.07) is 10.5. The summed E-state index contributed by atoms with van der Waals surface area (Å²) in [5.41, 5.74) is 1.33. The van der Waals surface area contributed by atoms with Gasteiger partial charge in [0.05, 0.1) is 11.9 Å². The van der Waals surface area contributed by atoms with E-state index in [1.54, 1.807) is 47.6 Å². The van der Waals surface area contributed by atoms with Crippen molar-refractivity contribution in [3.05, 3.63) is 53.8 Å². The number of nitrogens with zero attached hydrogens (tertiary/aromatic N) is 2. The van der Waals surface area contributed by atoms with Gasteiger partial charge in [-0.3, -0.25) is 9.78 Å². The summed E-state index contributed by atoms with van der Waals surface area (Å²) in [5.74, 6) is -0.0333. The number of carbonyl (C=O) groups excluding carboxylic acids is 2. The monoisotopic (exact) mass is 370 g/mol. The molecule has 1 aliphatic carbocycles. The smallest absolute Gasteiger partial charge is 0.321 e. The maximum atomic E-state index is 12.5. The van der Waals surface area contributed by atoms with Crippen LogP contribution in [0.25, 0.3) is 0 Å². The fourth-order valence-electron chi connectivity index (χ4n) is 3.64. The van der Waals surface area contributed by atoms with Gasteiger partial charge in [-0.05, 0) is 49.2 Å². The van der Waals surface area contributed by atoms with Gasteiger partial charge in [0.15, 0.2) is 0 Å². The second-order valence-corrected chi connectivity index (χ2v) is 7.40. The predicted molar refractivity (Wildman–Crippen MR) is 100 cm³/mol. The Morgan fingerprint density at radius 1 is 1.15 bits per heavy atom. The lowest BCUT2D eigenvalue weighted by Crippen LogP contribution is -2.33. The van der Waals surface area contributed by atoms with Gasteiger partial charge in [-0.25, -0.2) is 4.79 Å². The first kappa shape index (κ1) is 16.8. The number of aromatic nitrogens is 1. The van der Waals surface area contributed by atoms with Gasteiger partial charge < -0.3 is 15.5 Å². The molecule has 1 aliphatic heterocycles. The summed E-state index contributed by atoms with van der Waals surface area (Å²) in [7, 11) is 0. The van der Waals surface area contributed by atoms with Gasteiger partial charge in [-0.2, -0.15) is 0 Å². The highest BCUT2D eigenvalue weighted by atomic mass is 35.5. The Hall–Kier alpha value is -2.60. The molecule has 0 radical (unpaired) electrons. The van der Waals surface area contributed by atoms with Gasteiger partial charge in [-0.15, -0.1) is 0 Å². The molecule has 7 heteroatoms. The van der Waals surface area contributed by atoms with Crippen LogP contribution in [0.2, 0.25) is 5.02 Å². The molecule has 3 amide bonds. The topological polar surface area (TPSA) is 74.3 Å². The van der Waals surface area contributed by atoms with Crippen molar-refractivity contribution in [3.63, 3.8) is 0 Å². The minimum atomic E-state index is -0.137. The normalized spacial score (nSPS) is 23.7. The number of halogens is 1. The van der Waals surface area contributed by atoms with Crippen molar-refractivity contribution in [2.45, 2.75) is 12.8 Å².